The van der Waals surface area contributed by atoms with Crippen LogP contribution in [0, 0.1) is 0 Å². The molecule has 0 unspecified atom stereocenters. The highest BCUT2D eigenvalue weighted by Gasteiger charge is 2.00. The largest absolute Gasteiger partial charge is 0.478 e. The Morgan fingerprint density at radius 3 is 2.68 bits per heavy atom. The Bertz CT molecular complexity index is 604. The average Bonchev–Trinajstić information content (AvgIpc) is 2.38. The molecule has 0 aliphatic heterocycles. The van der Waals surface area contributed by atoms with Crippen molar-refractivity contribution in [2.45, 2.75) is 6.54 Å². The summed E-state index contributed by atoms with van der Waals surface area (Å²) in [5, 5.41) is 11.0. The van der Waals surface area contributed by atoms with Gasteiger partial charge in [-0.15, -0.1) is 0 Å². The van der Waals surface area contributed by atoms with Gasteiger partial charge in [0.2, 0.25) is 0 Å². The first-order valence-electron chi connectivity index (χ1n) is 6.21. The minimum Gasteiger partial charge on any atom is -0.478 e. The number of aliphatic carboxylic acids is 1. The van der Waals surface area contributed by atoms with Gasteiger partial charge in [0.05, 0.1) is 0 Å². The third-order valence-corrected chi connectivity index (χ3v) is 2.94. The molecular weight excluding hydrogens is 238 g/mol. The summed E-state index contributed by atoms with van der Waals surface area (Å²) < 4.78 is 0. The van der Waals surface area contributed by atoms with Crippen molar-refractivity contribution in [3.8, 4) is 0 Å². The Morgan fingerprint density at radius 1 is 1.21 bits per heavy atom. The smallest absolute Gasteiger partial charge is 0.328 e. The maximum absolute atomic E-state index is 10.4. The van der Waals surface area contributed by atoms with E-state index in [0.29, 0.717) is 6.54 Å². The lowest BCUT2D eigenvalue weighted by molar-refractivity contribution is -0.131. The van der Waals surface area contributed by atoms with E-state index in [0.717, 1.165) is 6.54 Å². The Labute approximate surface area is 112 Å². The number of likely N-dealkylation sites (N-methyl/N-ethyl adjacent to an activating group) is 1. The van der Waals surface area contributed by atoms with E-state index in [2.05, 4.69) is 35.2 Å². The van der Waals surface area contributed by atoms with Crippen molar-refractivity contribution in [3.05, 3.63) is 60.2 Å². The lowest BCUT2D eigenvalue weighted by atomic mass is 10.1. The zero-order valence-electron chi connectivity index (χ0n) is 10.9. The van der Waals surface area contributed by atoms with Gasteiger partial charge in [0.1, 0.15) is 0 Å². The molecule has 0 aliphatic rings. The normalized spacial score (nSPS) is 11.5. The average molecular weight is 255 g/mol. The zero-order chi connectivity index (χ0) is 13.7. The fraction of sp³-hybridized carbons (Fsp3) is 0.188. The van der Waals surface area contributed by atoms with Crippen LogP contribution in [-0.4, -0.2) is 29.6 Å². The number of hydrogen-bond donors (Lipinski definition) is 1. The van der Waals surface area contributed by atoms with Gasteiger partial charge >= 0.3 is 5.97 Å². The highest BCUT2D eigenvalue weighted by Crippen LogP contribution is 2.16. The SMILES string of the molecule is CN(C/C=C/C(=O)O)Cc1ccc2ccccc2c1. The molecule has 0 radical (unpaired) electrons. The number of nitrogens with zero attached hydrogens (tertiary/aromatic N) is 1. The molecule has 0 fully saturated rings. The van der Waals surface area contributed by atoms with Gasteiger partial charge in [0.25, 0.3) is 0 Å². The molecule has 0 saturated carbocycles. The lowest BCUT2D eigenvalue weighted by Gasteiger charge is -2.14. The van der Waals surface area contributed by atoms with Crippen LogP contribution in [0.3, 0.4) is 0 Å². The topological polar surface area (TPSA) is 40.5 Å². The third-order valence-electron chi connectivity index (χ3n) is 2.94. The van der Waals surface area contributed by atoms with E-state index in [-0.39, 0.29) is 0 Å². The molecule has 0 saturated heterocycles. The second-order valence-corrected chi connectivity index (χ2v) is 4.62. The van der Waals surface area contributed by atoms with Crippen LogP contribution in [-0.2, 0) is 11.3 Å². The van der Waals surface area contributed by atoms with Gasteiger partial charge in [-0.05, 0) is 29.4 Å². The molecule has 0 atom stereocenters. The van der Waals surface area contributed by atoms with Crippen molar-refractivity contribution in [2.75, 3.05) is 13.6 Å². The second-order valence-electron chi connectivity index (χ2n) is 4.62. The number of fused-ring (bicyclic) bond motifs is 1. The van der Waals surface area contributed by atoms with Crippen LogP contribution in [0.1, 0.15) is 5.56 Å². The molecule has 0 heterocycles. The molecule has 0 spiro atoms. The van der Waals surface area contributed by atoms with Crippen LogP contribution >= 0.6 is 0 Å². The van der Waals surface area contributed by atoms with Gasteiger partial charge < -0.3 is 5.11 Å². The quantitative estimate of drug-likeness (QED) is 0.835. The second kappa shape index (κ2) is 6.16. The Kier molecular flexibility index (Phi) is 4.31. The number of carboxylic acids is 1. The Balaban J connectivity index is 2.02. The first kappa shape index (κ1) is 13.3. The van der Waals surface area contributed by atoms with Crippen LogP contribution in [0.4, 0.5) is 0 Å². The maximum Gasteiger partial charge on any atom is 0.328 e. The molecule has 0 aliphatic carbocycles. The maximum atomic E-state index is 10.4. The standard InChI is InChI=1S/C16H17NO2/c1-17(10-4-7-16(18)19)12-13-8-9-14-5-2-3-6-15(14)11-13/h2-9,11H,10,12H2,1H3,(H,18,19)/b7-4+. The predicted octanol–water partition coefficient (Wildman–Crippen LogP) is 2.91. The Hall–Kier alpha value is -2.13. The van der Waals surface area contributed by atoms with Crippen LogP contribution in [0.25, 0.3) is 10.8 Å². The molecule has 1 N–H and O–H groups in total. The first-order valence-corrected chi connectivity index (χ1v) is 6.21. The molecule has 0 amide bonds. The van der Waals surface area contributed by atoms with E-state index in [1.54, 1.807) is 6.08 Å². The van der Waals surface area contributed by atoms with Crippen molar-refractivity contribution in [1.82, 2.24) is 4.90 Å². The fourth-order valence-corrected chi connectivity index (χ4v) is 2.05. The van der Waals surface area contributed by atoms with E-state index < -0.39 is 5.97 Å². The molecule has 19 heavy (non-hydrogen) atoms. The molecule has 0 aromatic heterocycles. The highest BCUT2D eigenvalue weighted by atomic mass is 16.4. The molecular formula is C16H17NO2. The van der Waals surface area contributed by atoms with E-state index in [9.17, 15) is 4.79 Å². The molecule has 3 heteroatoms. The monoisotopic (exact) mass is 255 g/mol. The number of carbonyl (C=O) groups is 1. The lowest BCUT2D eigenvalue weighted by Crippen LogP contribution is -2.17. The Morgan fingerprint density at radius 2 is 1.95 bits per heavy atom. The summed E-state index contributed by atoms with van der Waals surface area (Å²) in [7, 11) is 1.97. The molecule has 98 valence electrons. The number of hydrogen-bond acceptors (Lipinski definition) is 2. The molecule has 2 rings (SSSR count). The minimum atomic E-state index is -0.904. The van der Waals surface area contributed by atoms with Crippen molar-refractivity contribution >= 4 is 16.7 Å². The van der Waals surface area contributed by atoms with Crippen molar-refractivity contribution in [1.29, 1.82) is 0 Å². The summed E-state index contributed by atoms with van der Waals surface area (Å²) in [6.45, 7) is 1.42. The molecule has 2 aromatic carbocycles. The van der Waals surface area contributed by atoms with E-state index in [4.69, 9.17) is 5.11 Å². The van der Waals surface area contributed by atoms with Crippen molar-refractivity contribution < 1.29 is 9.90 Å². The minimum absolute atomic E-state index is 0.624. The summed E-state index contributed by atoms with van der Waals surface area (Å²) in [5.74, 6) is -0.904. The number of carboxylic acid groups (broad SMARTS) is 1. The van der Waals surface area contributed by atoms with E-state index in [1.807, 2.05) is 19.2 Å². The summed E-state index contributed by atoms with van der Waals surface area (Å²) in [6, 6.07) is 14.7. The summed E-state index contributed by atoms with van der Waals surface area (Å²) >= 11 is 0. The van der Waals surface area contributed by atoms with Gasteiger partial charge in [-0.2, -0.15) is 0 Å². The highest BCUT2D eigenvalue weighted by molar-refractivity contribution is 5.83. The van der Waals surface area contributed by atoms with Crippen molar-refractivity contribution in [2.24, 2.45) is 0 Å². The van der Waals surface area contributed by atoms with Gasteiger partial charge in [-0.1, -0.05) is 42.5 Å². The summed E-state index contributed by atoms with van der Waals surface area (Å²) in [5.41, 5.74) is 1.23. The van der Waals surface area contributed by atoms with Crippen LogP contribution in [0.15, 0.2) is 54.6 Å². The van der Waals surface area contributed by atoms with E-state index >= 15 is 0 Å². The van der Waals surface area contributed by atoms with Crippen LogP contribution in [0.5, 0.6) is 0 Å². The molecule has 2 aromatic rings. The van der Waals surface area contributed by atoms with Crippen molar-refractivity contribution in [3.63, 3.8) is 0 Å². The van der Waals surface area contributed by atoms with E-state index in [1.165, 1.54) is 22.4 Å². The molecule has 0 bridgehead atoms. The number of benzene rings is 2. The summed E-state index contributed by atoms with van der Waals surface area (Å²) in [4.78, 5) is 12.5. The van der Waals surface area contributed by atoms with Gasteiger partial charge in [-0.3, -0.25) is 4.90 Å². The van der Waals surface area contributed by atoms with Crippen LogP contribution in [0.2, 0.25) is 0 Å². The van der Waals surface area contributed by atoms with Gasteiger partial charge in [-0.25, -0.2) is 4.79 Å². The fourth-order valence-electron chi connectivity index (χ4n) is 2.05. The van der Waals surface area contributed by atoms with Gasteiger partial charge in [0.15, 0.2) is 0 Å². The van der Waals surface area contributed by atoms with Crippen LogP contribution < -0.4 is 0 Å². The first-order chi connectivity index (χ1) is 9.15. The predicted molar refractivity (Wildman–Crippen MR) is 77.1 cm³/mol. The third kappa shape index (κ3) is 3.93. The molecule has 3 nitrogen and oxygen atoms in total. The zero-order valence-corrected chi connectivity index (χ0v) is 10.9. The summed E-state index contributed by atoms with van der Waals surface area (Å²) in [6.07, 6.45) is 2.83. The van der Waals surface area contributed by atoms with Gasteiger partial charge in [0, 0.05) is 19.2 Å². The number of rotatable bonds is 5.